The zero-order valence-electron chi connectivity index (χ0n) is 18.3. The number of amides is 2. The number of nitrogens with zero attached hydrogens (tertiary/aromatic N) is 5. The topological polar surface area (TPSA) is 106 Å². The molecular formula is C20H17ClF5N7O3. The largest absolute Gasteiger partial charge is 0.482 e. The first-order valence-corrected chi connectivity index (χ1v) is 10.9. The number of hydrogen-bond acceptors (Lipinski definition) is 6. The molecule has 0 aromatic carbocycles. The van der Waals surface area contributed by atoms with Gasteiger partial charge in [0.25, 0.3) is 5.56 Å². The van der Waals surface area contributed by atoms with Crippen molar-refractivity contribution in [3.05, 3.63) is 45.7 Å². The minimum Gasteiger partial charge on any atom is -0.482 e. The number of ether oxygens (including phenoxy) is 1. The van der Waals surface area contributed by atoms with E-state index in [1.54, 1.807) is 0 Å². The van der Waals surface area contributed by atoms with E-state index in [-0.39, 0.29) is 32.4 Å². The Bertz CT molecular complexity index is 1420. The highest BCUT2D eigenvalue weighted by atomic mass is 35.5. The molecule has 2 amide bonds. The van der Waals surface area contributed by atoms with Crippen LogP contribution in [0.3, 0.4) is 0 Å². The summed E-state index contributed by atoms with van der Waals surface area (Å²) in [6.45, 7) is -2.40. The normalized spacial score (nSPS) is 20.1. The molecule has 1 saturated heterocycles. The van der Waals surface area contributed by atoms with Crippen molar-refractivity contribution in [2.75, 3.05) is 29.9 Å². The molecule has 0 bridgehead atoms. The first kappa shape index (κ1) is 24.2. The highest BCUT2D eigenvalue weighted by Gasteiger charge is 2.60. The number of anilines is 2. The highest BCUT2D eigenvalue weighted by Crippen LogP contribution is 2.50. The van der Waals surface area contributed by atoms with Crippen LogP contribution in [0, 0.1) is 0 Å². The molecule has 192 valence electrons. The van der Waals surface area contributed by atoms with Crippen molar-refractivity contribution in [1.29, 1.82) is 0 Å². The molecule has 0 saturated carbocycles. The maximum absolute atomic E-state index is 14.2. The van der Waals surface area contributed by atoms with Gasteiger partial charge in [0.1, 0.15) is 11.5 Å². The lowest BCUT2D eigenvalue weighted by Crippen LogP contribution is -2.51. The molecule has 10 nitrogen and oxygen atoms in total. The van der Waals surface area contributed by atoms with E-state index in [1.807, 2.05) is 0 Å². The van der Waals surface area contributed by atoms with Crippen LogP contribution in [-0.4, -0.2) is 57.1 Å². The molecule has 5 heterocycles. The Labute approximate surface area is 203 Å². The van der Waals surface area contributed by atoms with Gasteiger partial charge in [0.05, 0.1) is 23.3 Å². The number of carbonyl (C=O) groups is 1. The van der Waals surface area contributed by atoms with E-state index in [4.69, 9.17) is 16.3 Å². The predicted molar refractivity (Wildman–Crippen MR) is 117 cm³/mol. The Hall–Kier alpha value is -3.46. The molecule has 0 aliphatic carbocycles. The Morgan fingerprint density at radius 2 is 2.06 bits per heavy atom. The Morgan fingerprint density at radius 1 is 1.33 bits per heavy atom. The van der Waals surface area contributed by atoms with Gasteiger partial charge in [-0.3, -0.25) is 14.3 Å². The number of urea groups is 1. The van der Waals surface area contributed by atoms with Crippen molar-refractivity contribution < 1.29 is 31.5 Å². The zero-order chi connectivity index (χ0) is 26.0. The zero-order valence-corrected chi connectivity index (χ0v) is 19.1. The maximum Gasteiger partial charge on any atom is 0.401 e. The van der Waals surface area contributed by atoms with E-state index in [0.717, 1.165) is 28.6 Å². The molecule has 2 aliphatic heterocycles. The first-order valence-electron chi connectivity index (χ1n) is 10.5. The van der Waals surface area contributed by atoms with Gasteiger partial charge in [-0.2, -0.15) is 27.1 Å². The minimum atomic E-state index is -4.80. The average Bonchev–Trinajstić information content (AvgIpc) is 3.29. The van der Waals surface area contributed by atoms with Gasteiger partial charge in [-0.1, -0.05) is 11.6 Å². The molecule has 5 rings (SSSR count). The van der Waals surface area contributed by atoms with Crippen molar-refractivity contribution in [3.8, 4) is 5.75 Å². The fourth-order valence-electron chi connectivity index (χ4n) is 4.08. The second-order valence-electron chi connectivity index (χ2n) is 8.56. The summed E-state index contributed by atoms with van der Waals surface area (Å²) in [7, 11) is 0. The van der Waals surface area contributed by atoms with Crippen molar-refractivity contribution in [1.82, 2.24) is 24.5 Å². The number of carbonyl (C=O) groups excluding carboxylic acids is 1. The molecule has 2 N–H and O–H groups in total. The van der Waals surface area contributed by atoms with Gasteiger partial charge in [-0.05, 0) is 6.92 Å². The van der Waals surface area contributed by atoms with Crippen molar-refractivity contribution in [2.24, 2.45) is 0 Å². The van der Waals surface area contributed by atoms with Gasteiger partial charge in [0.2, 0.25) is 0 Å². The van der Waals surface area contributed by atoms with Crippen LogP contribution in [0.15, 0.2) is 29.3 Å². The summed E-state index contributed by atoms with van der Waals surface area (Å²) in [5.74, 6) is -0.434. The molecule has 2 aliphatic rings. The van der Waals surface area contributed by atoms with Crippen LogP contribution in [-0.2, 0) is 5.41 Å². The smallest absolute Gasteiger partial charge is 0.401 e. The Balaban J connectivity index is 1.53. The quantitative estimate of drug-likeness (QED) is 0.499. The summed E-state index contributed by atoms with van der Waals surface area (Å²) < 4.78 is 76.0. The monoisotopic (exact) mass is 533 g/mol. The fraction of sp³-hybridized carbons (Fsp3) is 0.400. The first-order chi connectivity index (χ1) is 16.9. The number of nitrogens with one attached hydrogen (secondary N) is 2. The molecule has 1 fully saturated rings. The summed E-state index contributed by atoms with van der Waals surface area (Å²) in [5.41, 5.74) is -4.45. The molecule has 0 radical (unpaired) electrons. The van der Waals surface area contributed by atoms with Crippen LogP contribution >= 0.6 is 11.6 Å². The van der Waals surface area contributed by atoms with Crippen molar-refractivity contribution in [3.63, 3.8) is 0 Å². The number of rotatable bonds is 4. The second kappa shape index (κ2) is 8.30. The van der Waals surface area contributed by atoms with E-state index in [2.05, 4.69) is 20.7 Å². The molecule has 0 spiro atoms. The van der Waals surface area contributed by atoms with Crippen LogP contribution in [0.4, 0.5) is 38.1 Å². The molecule has 1 unspecified atom stereocenters. The lowest BCUT2D eigenvalue weighted by Gasteiger charge is -2.28. The third-order valence-electron chi connectivity index (χ3n) is 6.10. The van der Waals surface area contributed by atoms with Gasteiger partial charge in [-0.15, -0.1) is 0 Å². The minimum absolute atomic E-state index is 0.0489. The van der Waals surface area contributed by atoms with E-state index >= 15 is 0 Å². The second-order valence-corrected chi connectivity index (χ2v) is 8.94. The van der Waals surface area contributed by atoms with Crippen LogP contribution in [0.2, 0.25) is 5.15 Å². The number of halogens is 6. The maximum atomic E-state index is 14.2. The third kappa shape index (κ3) is 3.82. The van der Waals surface area contributed by atoms with Gasteiger partial charge in [0.15, 0.2) is 16.5 Å². The Kier molecular flexibility index (Phi) is 5.59. The Morgan fingerprint density at radius 3 is 2.67 bits per heavy atom. The predicted octanol–water partition coefficient (Wildman–Crippen LogP) is 3.16. The number of pyridine rings is 1. The van der Waals surface area contributed by atoms with Gasteiger partial charge in [-0.25, -0.2) is 14.3 Å². The summed E-state index contributed by atoms with van der Waals surface area (Å²) in [6.07, 6.45) is -3.46. The summed E-state index contributed by atoms with van der Waals surface area (Å²) in [6, 6.07) is 1.25. The van der Waals surface area contributed by atoms with E-state index in [1.165, 1.54) is 6.07 Å². The van der Waals surface area contributed by atoms with Gasteiger partial charge >= 0.3 is 18.8 Å². The van der Waals surface area contributed by atoms with E-state index < -0.39 is 48.1 Å². The molecular weight excluding hydrogens is 517 g/mol. The van der Waals surface area contributed by atoms with Crippen LogP contribution in [0.5, 0.6) is 5.75 Å². The van der Waals surface area contributed by atoms with E-state index in [9.17, 15) is 31.5 Å². The fourth-order valence-corrected chi connectivity index (χ4v) is 4.25. The highest BCUT2D eigenvalue weighted by molar-refractivity contribution is 6.29. The summed E-state index contributed by atoms with van der Waals surface area (Å²) in [5, 5.41) is 8.97. The van der Waals surface area contributed by atoms with Crippen molar-refractivity contribution in [2.45, 2.75) is 31.2 Å². The standard InChI is InChI=1S/C20H17ClF5N7O3/c1-19(20(24,25)26)8-32(11-6-28-14-3-13(21)30-33(14)15(11)19)18(35)29-9-2-12(36-10-4-27-5-10)16(34)31(7-9)17(22)23/h2-3,6-7,10,17,27H,4-5,8H2,1H3,(H,29,35). The molecule has 16 heteroatoms. The number of aromatic nitrogens is 4. The van der Waals surface area contributed by atoms with Crippen molar-refractivity contribution >= 4 is 34.7 Å². The van der Waals surface area contributed by atoms with Crippen LogP contribution in [0.25, 0.3) is 5.65 Å². The SMILES string of the molecule is CC1(C(F)(F)F)CN(C(=O)Nc2cc(OC3CNC3)c(=O)n(C(F)F)c2)c2cnc3cc(Cl)nn3c21. The van der Waals surface area contributed by atoms with Gasteiger partial charge in [0, 0.05) is 38.0 Å². The summed E-state index contributed by atoms with van der Waals surface area (Å²) >= 11 is 5.87. The molecule has 3 aromatic heterocycles. The van der Waals surface area contributed by atoms with E-state index in [0.29, 0.717) is 19.3 Å². The average molecular weight is 534 g/mol. The lowest BCUT2D eigenvalue weighted by atomic mass is 9.88. The van der Waals surface area contributed by atoms with Crippen LogP contribution < -0.4 is 25.8 Å². The number of fused-ring (bicyclic) bond motifs is 3. The molecule has 36 heavy (non-hydrogen) atoms. The molecule has 1 atom stereocenters. The number of alkyl halides is 5. The summed E-state index contributed by atoms with van der Waals surface area (Å²) in [4.78, 5) is 30.3. The third-order valence-corrected chi connectivity index (χ3v) is 6.29. The van der Waals surface area contributed by atoms with Crippen LogP contribution in [0.1, 0.15) is 19.2 Å². The molecule has 3 aromatic rings. The number of hydrogen-bond donors (Lipinski definition) is 2. The lowest BCUT2D eigenvalue weighted by molar-refractivity contribution is -0.181. The van der Waals surface area contributed by atoms with Gasteiger partial charge < -0.3 is 15.4 Å².